The van der Waals surface area contributed by atoms with Crippen molar-refractivity contribution in [3.8, 4) is 0 Å². The van der Waals surface area contributed by atoms with Crippen molar-refractivity contribution < 1.29 is 9.40 Å². The maximum absolute atomic E-state index is 9.21. The number of rotatable bonds is 1. The minimum atomic E-state index is -0.318. The summed E-state index contributed by atoms with van der Waals surface area (Å²) in [6, 6.07) is 0. The Hall–Kier alpha value is -0.0100. The van der Waals surface area contributed by atoms with Crippen LogP contribution in [-0.4, -0.2) is 7.11 Å². The van der Waals surface area contributed by atoms with Crippen LogP contribution in [0.25, 0.3) is 0 Å². The second kappa shape index (κ2) is 3.99. The molecule has 0 aromatic carbocycles. The summed E-state index contributed by atoms with van der Waals surface area (Å²) in [6.45, 7) is 0. The summed E-state index contributed by atoms with van der Waals surface area (Å²) in [7, 11) is 1.02. The Bertz CT molecular complexity index is 56.7. The third kappa shape index (κ3) is 3.99. The van der Waals surface area contributed by atoms with E-state index in [2.05, 4.69) is 9.75 Å². The van der Waals surface area contributed by atoms with E-state index >= 15 is 0 Å². The molecule has 5 heavy (non-hydrogen) atoms. The van der Waals surface area contributed by atoms with Crippen molar-refractivity contribution in [2.45, 2.75) is 0 Å². The topological polar surface area (TPSA) is 38.7 Å². The molecule has 0 saturated heterocycles. The molecule has 0 saturated carbocycles. The number of nitrogens with zero attached hydrogens (tertiary/aromatic N) is 1. The van der Waals surface area contributed by atoms with Crippen LogP contribution in [0.2, 0.25) is 0 Å². The second-order valence-electron chi connectivity index (χ2n) is 0.346. The van der Waals surface area contributed by atoms with Crippen molar-refractivity contribution in [3.63, 3.8) is 0 Å². The number of hydrogen-bond acceptors (Lipinski definition) is 3. The molecular weight excluding hydrogens is 89.0 g/mol. The maximum atomic E-state index is 9.21. The van der Waals surface area contributed by atoms with E-state index in [0.717, 1.165) is 0 Å². The van der Waals surface area contributed by atoms with Crippen LogP contribution in [0.5, 0.6) is 0 Å². The molecule has 0 aliphatic carbocycles. The first-order valence-corrected chi connectivity index (χ1v) is 1.74. The summed E-state index contributed by atoms with van der Waals surface area (Å²) in [5.74, 6) is 0. The van der Waals surface area contributed by atoms with Crippen molar-refractivity contribution >= 4 is 8.25 Å². The van der Waals surface area contributed by atoms with E-state index in [-0.39, 0.29) is 8.25 Å². The first-order valence-electron chi connectivity index (χ1n) is 0.973. The Morgan fingerprint density at radius 3 is 2.60 bits per heavy atom. The van der Waals surface area contributed by atoms with Crippen molar-refractivity contribution in [2.24, 2.45) is 4.91 Å². The molecule has 28 valence electrons. The van der Waals surface area contributed by atoms with Crippen LogP contribution in [0.1, 0.15) is 0 Å². The number of hydrogen-bond donors (Lipinski definition) is 0. The second-order valence-corrected chi connectivity index (χ2v) is 0.672. The molecule has 0 bridgehead atoms. The van der Waals surface area contributed by atoms with E-state index in [9.17, 15) is 4.57 Å². The van der Waals surface area contributed by atoms with E-state index in [4.69, 9.17) is 0 Å². The molecule has 0 N–H and O–H groups in total. The van der Waals surface area contributed by atoms with Crippen molar-refractivity contribution in [1.82, 2.24) is 0 Å². The molecule has 0 aromatic heterocycles. The quantitative estimate of drug-likeness (QED) is 0.357. The molecule has 0 atom stereocenters. The molecule has 0 amide bonds. The van der Waals surface area contributed by atoms with Crippen LogP contribution < -0.4 is 0 Å². The predicted octanol–water partition coefficient (Wildman–Crippen LogP) is 1.02. The Labute approximate surface area is 30.8 Å². The SMILES string of the molecule is CON=[P+]=O. The average Bonchev–Trinajstić information content (AvgIpc) is 1.41. The molecule has 0 radical (unpaired) electrons. The third-order valence-electron chi connectivity index (χ3n) is 0.115. The van der Waals surface area contributed by atoms with E-state index in [1.54, 1.807) is 0 Å². The molecule has 0 rings (SSSR count). The Morgan fingerprint density at radius 1 is 2.00 bits per heavy atom. The van der Waals surface area contributed by atoms with Crippen molar-refractivity contribution in [1.29, 1.82) is 0 Å². The van der Waals surface area contributed by atoms with E-state index in [1.807, 2.05) is 0 Å². The van der Waals surface area contributed by atoms with Gasteiger partial charge in [0.15, 0.2) is 0 Å². The zero-order chi connectivity index (χ0) is 4.12. The molecule has 0 spiro atoms. The zero-order valence-electron chi connectivity index (χ0n) is 2.71. The van der Waals surface area contributed by atoms with Gasteiger partial charge in [0, 0.05) is 0 Å². The molecule has 0 heterocycles. The Balaban J connectivity index is 2.93. The molecule has 0 aliphatic rings. The Morgan fingerprint density at radius 2 is 2.60 bits per heavy atom. The molecule has 0 aliphatic heterocycles. The summed E-state index contributed by atoms with van der Waals surface area (Å²) in [5.41, 5.74) is 0. The third-order valence-corrected chi connectivity index (χ3v) is 0.345. The Kier molecular flexibility index (Phi) is 3.98. The van der Waals surface area contributed by atoms with Crippen molar-refractivity contribution in [2.75, 3.05) is 7.11 Å². The van der Waals surface area contributed by atoms with Gasteiger partial charge in [0.2, 0.25) is 0 Å². The normalized spacial score (nSPS) is 6.60. The van der Waals surface area contributed by atoms with Gasteiger partial charge in [-0.3, -0.25) is 0 Å². The van der Waals surface area contributed by atoms with Gasteiger partial charge in [-0.1, -0.05) is 0 Å². The van der Waals surface area contributed by atoms with Gasteiger partial charge in [0.25, 0.3) is 0 Å². The van der Waals surface area contributed by atoms with E-state index in [1.165, 1.54) is 7.11 Å². The van der Waals surface area contributed by atoms with Gasteiger partial charge in [0.1, 0.15) is 0 Å². The molecule has 0 aromatic rings. The molecule has 0 unspecified atom stereocenters. The van der Waals surface area contributed by atoms with Gasteiger partial charge in [0.05, 0.1) is 0 Å². The summed E-state index contributed by atoms with van der Waals surface area (Å²) >= 11 is 0. The zero-order valence-corrected chi connectivity index (χ0v) is 3.61. The van der Waals surface area contributed by atoms with Crippen LogP contribution in [0.3, 0.4) is 0 Å². The van der Waals surface area contributed by atoms with Crippen LogP contribution in [0.4, 0.5) is 0 Å². The minimum absolute atomic E-state index is 0.318. The van der Waals surface area contributed by atoms with Crippen LogP contribution in [0, 0.1) is 0 Å². The summed E-state index contributed by atoms with van der Waals surface area (Å²) in [5, 5.41) is 0. The predicted molar refractivity (Wildman–Crippen MR) is 17.0 cm³/mol. The van der Waals surface area contributed by atoms with Gasteiger partial charge in [-0.2, -0.15) is 0 Å². The van der Waals surface area contributed by atoms with E-state index in [0.29, 0.717) is 0 Å². The molecular formula is CH3NO2P+. The van der Waals surface area contributed by atoms with Gasteiger partial charge >= 0.3 is 29.7 Å². The van der Waals surface area contributed by atoms with Crippen molar-refractivity contribution in [3.05, 3.63) is 0 Å². The fraction of sp³-hybridized carbons (Fsp3) is 1.00. The van der Waals surface area contributed by atoms with Gasteiger partial charge < -0.3 is 0 Å². The van der Waals surface area contributed by atoms with Crippen LogP contribution in [-0.2, 0) is 9.40 Å². The molecule has 0 fully saturated rings. The molecule has 3 nitrogen and oxygen atoms in total. The first-order chi connectivity index (χ1) is 2.41. The fourth-order valence-corrected chi connectivity index (χ4v) is 0.100. The summed E-state index contributed by atoms with van der Waals surface area (Å²) < 4.78 is 9.21. The standard InChI is InChI=1S/CH3NO2P/c1-4-2-5-3/h1H3/q+1. The summed E-state index contributed by atoms with van der Waals surface area (Å²) in [6.07, 6.45) is 0. The van der Waals surface area contributed by atoms with Crippen LogP contribution >= 0.6 is 8.25 Å². The summed E-state index contributed by atoms with van der Waals surface area (Å²) in [4.78, 5) is 6.88. The van der Waals surface area contributed by atoms with Gasteiger partial charge in [-0.15, -0.1) is 0 Å². The van der Waals surface area contributed by atoms with E-state index < -0.39 is 0 Å². The van der Waals surface area contributed by atoms with Gasteiger partial charge in [-0.05, 0) is 0 Å². The average molecular weight is 92.0 g/mol. The molecule has 4 heteroatoms. The van der Waals surface area contributed by atoms with Crippen LogP contribution in [0.15, 0.2) is 4.91 Å². The first kappa shape index (κ1) is 4.99. The monoisotopic (exact) mass is 92.0 g/mol. The van der Waals surface area contributed by atoms with Gasteiger partial charge in [-0.25, -0.2) is 0 Å². The fourth-order valence-electron chi connectivity index (χ4n) is 0.0333.